The highest BCUT2D eigenvalue weighted by atomic mass is 15.2. The summed E-state index contributed by atoms with van der Waals surface area (Å²) in [4.78, 5) is 12.2. The van der Waals surface area contributed by atoms with E-state index in [-0.39, 0.29) is 5.95 Å². The van der Waals surface area contributed by atoms with Crippen molar-refractivity contribution in [1.29, 1.82) is 0 Å². The van der Waals surface area contributed by atoms with Crippen LogP contribution >= 0.6 is 0 Å². The summed E-state index contributed by atoms with van der Waals surface area (Å²) in [6.45, 7) is 5.76. The second-order valence-corrected chi connectivity index (χ2v) is 5.97. The molecule has 0 fully saturated rings. The lowest BCUT2D eigenvalue weighted by atomic mass is 10.1. The third-order valence-corrected chi connectivity index (χ3v) is 3.90. The Hall–Kier alpha value is -3.87. The van der Waals surface area contributed by atoms with E-state index >= 15 is 0 Å². The van der Waals surface area contributed by atoms with E-state index in [2.05, 4.69) is 42.6 Å². The van der Waals surface area contributed by atoms with Crippen molar-refractivity contribution in [2.75, 3.05) is 11.1 Å². The van der Waals surface area contributed by atoms with Gasteiger partial charge in [-0.25, -0.2) is 0 Å². The Morgan fingerprint density at radius 1 is 0.759 bits per heavy atom. The van der Waals surface area contributed by atoms with E-state index in [1.54, 1.807) is 6.92 Å². The van der Waals surface area contributed by atoms with Gasteiger partial charge in [-0.05, 0) is 54.1 Å². The molecule has 0 aliphatic heterocycles. The van der Waals surface area contributed by atoms with Crippen LogP contribution in [0.3, 0.4) is 0 Å². The average Bonchev–Trinajstić information content (AvgIpc) is 2.74. The average molecular weight is 385 g/mol. The number of fused-ring (bicyclic) bond motifs is 1. The molecule has 0 saturated heterocycles. The minimum absolute atomic E-state index is 0.186. The predicted molar refractivity (Wildman–Crippen MR) is 118 cm³/mol. The smallest absolute Gasteiger partial charge is 0.232 e. The maximum Gasteiger partial charge on any atom is 0.232 e. The molecule has 0 aliphatic rings. The molecule has 4 rings (SSSR count). The van der Waals surface area contributed by atoms with Gasteiger partial charge in [0.15, 0.2) is 0 Å². The van der Waals surface area contributed by atoms with Gasteiger partial charge in [-0.2, -0.15) is 25.2 Å². The van der Waals surface area contributed by atoms with Gasteiger partial charge in [0, 0.05) is 5.69 Å². The topological polar surface area (TPSA) is 101 Å². The lowest BCUT2D eigenvalue weighted by Crippen LogP contribution is -2.04. The number of aromatic nitrogens is 3. The largest absolute Gasteiger partial charge is 0.368 e. The minimum atomic E-state index is 0.186. The molecule has 7 nitrogen and oxygen atoms in total. The maximum atomic E-state index is 5.64. The number of hydrogen-bond donors (Lipinski definition) is 2. The fourth-order valence-corrected chi connectivity index (χ4v) is 2.65. The number of anilines is 3. The highest BCUT2D eigenvalue weighted by Gasteiger charge is 2.02. The van der Waals surface area contributed by atoms with Gasteiger partial charge in [0.2, 0.25) is 11.9 Å². The van der Waals surface area contributed by atoms with Crippen LogP contribution in [0.15, 0.2) is 77.0 Å². The molecule has 0 atom stereocenters. The van der Waals surface area contributed by atoms with E-state index in [0.29, 0.717) is 11.8 Å². The molecule has 1 aromatic heterocycles. The number of nitrogens with one attached hydrogen (secondary N) is 1. The highest BCUT2D eigenvalue weighted by Crippen LogP contribution is 2.24. The van der Waals surface area contributed by atoms with Crippen molar-refractivity contribution in [2.45, 2.75) is 20.8 Å². The van der Waals surface area contributed by atoms with E-state index < -0.39 is 0 Å². The Bertz CT molecular complexity index is 1100. The molecule has 0 amide bonds. The van der Waals surface area contributed by atoms with Gasteiger partial charge < -0.3 is 11.1 Å². The van der Waals surface area contributed by atoms with E-state index in [4.69, 9.17) is 5.73 Å². The molecule has 0 unspecified atom stereocenters. The fourth-order valence-electron chi connectivity index (χ4n) is 2.65. The zero-order chi connectivity index (χ0) is 20.6. The zero-order valence-electron chi connectivity index (χ0n) is 16.7. The first kappa shape index (κ1) is 19.9. The van der Waals surface area contributed by atoms with Crippen LogP contribution in [-0.2, 0) is 0 Å². The normalized spacial score (nSPS) is 10.6. The number of rotatable bonds is 4. The van der Waals surface area contributed by atoms with Crippen LogP contribution in [-0.4, -0.2) is 15.0 Å². The highest BCUT2D eigenvalue weighted by molar-refractivity contribution is 5.85. The summed E-state index contributed by atoms with van der Waals surface area (Å²) in [5.41, 5.74) is 8.02. The molecular weight excluding hydrogens is 362 g/mol. The van der Waals surface area contributed by atoms with E-state index in [1.165, 1.54) is 5.39 Å². The molecule has 0 bridgehead atoms. The van der Waals surface area contributed by atoms with Crippen LogP contribution in [0.2, 0.25) is 0 Å². The van der Waals surface area contributed by atoms with Crippen LogP contribution in [0, 0.1) is 6.92 Å². The van der Waals surface area contributed by atoms with Gasteiger partial charge in [0.25, 0.3) is 0 Å². The number of nitrogens with two attached hydrogens (primary N) is 1. The van der Waals surface area contributed by atoms with E-state index in [9.17, 15) is 0 Å². The molecule has 3 N–H and O–H groups in total. The monoisotopic (exact) mass is 385 g/mol. The minimum Gasteiger partial charge on any atom is -0.368 e. The first-order chi connectivity index (χ1) is 14.2. The molecule has 7 heteroatoms. The second kappa shape index (κ2) is 9.36. The third-order valence-electron chi connectivity index (χ3n) is 3.90. The molecule has 0 saturated carbocycles. The zero-order valence-corrected chi connectivity index (χ0v) is 16.7. The Balaban J connectivity index is 0.00000117. The van der Waals surface area contributed by atoms with E-state index in [0.717, 1.165) is 22.4 Å². The van der Waals surface area contributed by atoms with Crippen LogP contribution in [0.5, 0.6) is 0 Å². The number of aryl methyl sites for hydroxylation is 1. The SMILES string of the molecule is CC.Cc1nc(N)nc(Nc2ccc(N=Nc3ccc4ccccc4c3)cc2)n1. The van der Waals surface area contributed by atoms with E-state index in [1.807, 2.05) is 68.4 Å². The molecule has 0 radical (unpaired) electrons. The van der Waals surface area contributed by atoms with Gasteiger partial charge in [-0.3, -0.25) is 0 Å². The summed E-state index contributed by atoms with van der Waals surface area (Å²) in [6, 6.07) is 21.7. The molecule has 3 aromatic carbocycles. The van der Waals surface area contributed by atoms with Gasteiger partial charge >= 0.3 is 0 Å². The van der Waals surface area contributed by atoms with Crippen molar-refractivity contribution in [3.05, 3.63) is 72.6 Å². The quantitative estimate of drug-likeness (QED) is 0.413. The lowest BCUT2D eigenvalue weighted by Gasteiger charge is -2.05. The van der Waals surface area contributed by atoms with Crippen LogP contribution < -0.4 is 11.1 Å². The van der Waals surface area contributed by atoms with Crippen LogP contribution in [0.1, 0.15) is 19.7 Å². The van der Waals surface area contributed by atoms with Gasteiger partial charge in [0.1, 0.15) is 5.82 Å². The van der Waals surface area contributed by atoms with Crippen molar-refractivity contribution in [3.8, 4) is 0 Å². The van der Waals surface area contributed by atoms with Crippen molar-refractivity contribution < 1.29 is 0 Å². The van der Waals surface area contributed by atoms with Crippen molar-refractivity contribution >= 4 is 39.7 Å². The van der Waals surface area contributed by atoms with Crippen LogP contribution in [0.25, 0.3) is 10.8 Å². The lowest BCUT2D eigenvalue weighted by molar-refractivity contribution is 0.995. The summed E-state index contributed by atoms with van der Waals surface area (Å²) in [5.74, 6) is 1.15. The number of benzene rings is 3. The Morgan fingerprint density at radius 2 is 1.41 bits per heavy atom. The third kappa shape index (κ3) is 5.32. The Morgan fingerprint density at radius 3 is 2.14 bits per heavy atom. The number of hydrogen-bond acceptors (Lipinski definition) is 7. The van der Waals surface area contributed by atoms with Crippen molar-refractivity contribution in [1.82, 2.24) is 15.0 Å². The Kier molecular flexibility index (Phi) is 6.42. The molecule has 1 heterocycles. The van der Waals surface area contributed by atoms with Crippen molar-refractivity contribution in [2.24, 2.45) is 10.2 Å². The van der Waals surface area contributed by atoms with Crippen molar-refractivity contribution in [3.63, 3.8) is 0 Å². The summed E-state index contributed by atoms with van der Waals surface area (Å²) in [7, 11) is 0. The number of nitrogen functional groups attached to an aromatic ring is 1. The van der Waals surface area contributed by atoms with Gasteiger partial charge in [-0.1, -0.05) is 44.2 Å². The molecule has 0 aliphatic carbocycles. The Labute approximate surface area is 169 Å². The first-order valence-electron chi connectivity index (χ1n) is 9.41. The number of nitrogens with zero attached hydrogens (tertiary/aromatic N) is 5. The summed E-state index contributed by atoms with van der Waals surface area (Å²) in [6.07, 6.45) is 0. The van der Waals surface area contributed by atoms with Crippen LogP contribution in [0.4, 0.5) is 29.0 Å². The molecule has 29 heavy (non-hydrogen) atoms. The molecule has 146 valence electrons. The standard InChI is InChI=1S/C20H17N7.C2H6/c1-13-22-19(21)25-20(23-13)24-16-8-10-17(11-9-16)26-27-18-7-6-14-4-2-3-5-15(14)12-18;1-2/h2-12H,1H3,(H3,21,22,23,24,25);1-2H3. The first-order valence-corrected chi connectivity index (χ1v) is 9.41. The fraction of sp³-hybridized carbons (Fsp3) is 0.136. The predicted octanol–water partition coefficient (Wildman–Crippen LogP) is 6.10. The summed E-state index contributed by atoms with van der Waals surface area (Å²) < 4.78 is 0. The molecular formula is C22H23N7. The molecule has 0 spiro atoms. The maximum absolute atomic E-state index is 5.64. The molecule has 4 aromatic rings. The summed E-state index contributed by atoms with van der Waals surface area (Å²) >= 11 is 0. The number of azo groups is 1. The van der Waals surface area contributed by atoms with Gasteiger partial charge in [-0.15, -0.1) is 0 Å². The van der Waals surface area contributed by atoms with Gasteiger partial charge in [0.05, 0.1) is 11.4 Å². The second-order valence-electron chi connectivity index (χ2n) is 5.97. The summed E-state index contributed by atoms with van der Waals surface area (Å²) in [5, 5.41) is 14.0.